The third-order valence-corrected chi connectivity index (χ3v) is 9.01. The fourth-order valence-corrected chi connectivity index (χ4v) is 7.08. The zero-order valence-electron chi connectivity index (χ0n) is 26.6. The minimum absolute atomic E-state index is 0.0464. The number of nitrogens with one attached hydrogen (secondary N) is 1. The second-order valence-electron chi connectivity index (χ2n) is 14.0. The molecule has 2 aromatic rings. The Morgan fingerprint density at radius 3 is 2.64 bits per heavy atom. The van der Waals surface area contributed by atoms with Crippen LogP contribution in [0.4, 0.5) is 5.82 Å². The number of carbonyl (C=O) groups excluding carboxylic acids is 1. The van der Waals surface area contributed by atoms with Gasteiger partial charge in [-0.3, -0.25) is 9.69 Å². The molecule has 4 atom stereocenters. The van der Waals surface area contributed by atoms with Gasteiger partial charge < -0.3 is 15.8 Å². The summed E-state index contributed by atoms with van der Waals surface area (Å²) in [5.74, 6) is 1.96. The summed E-state index contributed by atoms with van der Waals surface area (Å²) >= 11 is 4.61. The average molecular weight is 595 g/mol. The molecule has 8 nitrogen and oxygen atoms in total. The number of likely N-dealkylation sites (tertiary alicyclic amines) is 1. The first kappa shape index (κ1) is 32.1. The van der Waals surface area contributed by atoms with E-state index in [1.54, 1.807) is 0 Å². The van der Waals surface area contributed by atoms with Gasteiger partial charge in [-0.25, -0.2) is 9.67 Å². The summed E-state index contributed by atoms with van der Waals surface area (Å²) in [6, 6.07) is 3.95. The van der Waals surface area contributed by atoms with Crippen LogP contribution in [0.1, 0.15) is 73.3 Å². The van der Waals surface area contributed by atoms with Crippen LogP contribution in [0.15, 0.2) is 47.1 Å². The van der Waals surface area contributed by atoms with Crippen LogP contribution in [0.25, 0.3) is 5.70 Å². The Morgan fingerprint density at radius 1 is 1.29 bits per heavy atom. The molecule has 3 heterocycles. The van der Waals surface area contributed by atoms with E-state index in [-0.39, 0.29) is 34.7 Å². The van der Waals surface area contributed by atoms with Crippen molar-refractivity contribution < 1.29 is 9.53 Å². The van der Waals surface area contributed by atoms with E-state index >= 15 is 0 Å². The van der Waals surface area contributed by atoms with Crippen LogP contribution < -0.4 is 15.8 Å². The van der Waals surface area contributed by atoms with Crippen LogP contribution in [0.3, 0.4) is 0 Å². The molecule has 2 aliphatic rings. The van der Waals surface area contributed by atoms with Crippen molar-refractivity contribution in [3.05, 3.63) is 47.8 Å². The van der Waals surface area contributed by atoms with Gasteiger partial charge in [-0.15, -0.1) is 17.7 Å². The number of pyridine rings is 1. The molecule has 3 unspecified atom stereocenters. The van der Waals surface area contributed by atoms with E-state index in [0.717, 1.165) is 48.6 Å². The van der Waals surface area contributed by atoms with Crippen molar-refractivity contribution in [2.75, 3.05) is 25.5 Å². The summed E-state index contributed by atoms with van der Waals surface area (Å²) < 4.78 is 7.87. The lowest BCUT2D eigenvalue weighted by Gasteiger charge is -2.43. The third-order valence-electron chi connectivity index (χ3n) is 8.67. The minimum Gasteiger partial charge on any atom is -0.476 e. The van der Waals surface area contributed by atoms with E-state index in [1.165, 1.54) is 5.56 Å². The molecule has 1 fully saturated rings. The van der Waals surface area contributed by atoms with Gasteiger partial charge in [0, 0.05) is 65.7 Å². The van der Waals surface area contributed by atoms with Crippen LogP contribution >= 0.6 is 12.6 Å². The highest BCUT2D eigenvalue weighted by Crippen LogP contribution is 2.42. The van der Waals surface area contributed by atoms with E-state index in [9.17, 15) is 4.79 Å². The zero-order chi connectivity index (χ0) is 30.8. The van der Waals surface area contributed by atoms with Crippen molar-refractivity contribution in [2.45, 2.75) is 90.6 Å². The minimum atomic E-state index is -0.363. The fourth-order valence-electron chi connectivity index (χ4n) is 6.75. The van der Waals surface area contributed by atoms with Crippen molar-refractivity contribution in [1.82, 2.24) is 19.7 Å². The maximum Gasteiger partial charge on any atom is 0.246 e. The van der Waals surface area contributed by atoms with Crippen LogP contribution in [-0.4, -0.2) is 57.4 Å². The number of aromatic nitrogens is 3. The first-order valence-corrected chi connectivity index (χ1v) is 15.7. The number of amides is 1. The highest BCUT2D eigenvalue weighted by Gasteiger charge is 2.46. The molecular formula is C33H50N6O2S. The summed E-state index contributed by atoms with van der Waals surface area (Å²) in [6.45, 7) is 17.0. The third kappa shape index (κ3) is 7.40. The molecule has 230 valence electrons. The maximum atomic E-state index is 13.0. The quantitative estimate of drug-likeness (QED) is 0.305. The van der Waals surface area contributed by atoms with Crippen molar-refractivity contribution in [1.29, 1.82) is 0 Å². The smallest absolute Gasteiger partial charge is 0.246 e. The standard InChI is InChI=1S/C33H50N6O2S/c1-9-24-14-21(2)29(38-19-23(17-33(38,6)7)15-22-16-27(42)31(35-8)36-18-22)25(30(34)40)10-11-26(24)39-13-12-28(37-39)41-20-32(3,4)5/h10-13,16,18,21,23-24,29,42H,9,14-15,17,19-20H2,1-8H3,(H2,34,40)(H,35,36)/b25-10+,26-11?/t21?,23-,24?,29?/m0/s1. The number of primary amides is 1. The van der Waals surface area contributed by atoms with E-state index < -0.39 is 0 Å². The van der Waals surface area contributed by atoms with Gasteiger partial charge in [0.2, 0.25) is 11.8 Å². The van der Waals surface area contributed by atoms with Gasteiger partial charge in [0.05, 0.1) is 6.61 Å². The Labute approximate surface area is 257 Å². The molecule has 9 heteroatoms. The summed E-state index contributed by atoms with van der Waals surface area (Å²) in [7, 11) is 1.86. The van der Waals surface area contributed by atoms with Crippen LogP contribution in [-0.2, 0) is 11.2 Å². The van der Waals surface area contributed by atoms with Crippen LogP contribution in [0.5, 0.6) is 5.88 Å². The molecule has 2 aromatic heterocycles. The highest BCUT2D eigenvalue weighted by molar-refractivity contribution is 7.80. The molecule has 1 aliphatic carbocycles. The normalized spacial score (nSPS) is 26.1. The van der Waals surface area contributed by atoms with E-state index in [1.807, 2.05) is 36.3 Å². The number of rotatable bonds is 9. The van der Waals surface area contributed by atoms with Gasteiger partial charge in [0.1, 0.15) is 5.82 Å². The molecule has 0 aromatic carbocycles. The molecular weight excluding hydrogens is 544 g/mol. The molecule has 1 saturated heterocycles. The van der Waals surface area contributed by atoms with Gasteiger partial charge in [0.25, 0.3) is 0 Å². The number of thiol groups is 1. The predicted octanol–water partition coefficient (Wildman–Crippen LogP) is 6.06. The molecule has 3 N–H and O–H groups in total. The molecule has 0 radical (unpaired) electrons. The largest absolute Gasteiger partial charge is 0.476 e. The lowest BCUT2D eigenvalue weighted by molar-refractivity contribution is -0.115. The Balaban J connectivity index is 1.63. The Morgan fingerprint density at radius 2 is 2.02 bits per heavy atom. The van der Waals surface area contributed by atoms with E-state index in [2.05, 4.69) is 88.4 Å². The summed E-state index contributed by atoms with van der Waals surface area (Å²) in [4.78, 5) is 20.9. The highest BCUT2D eigenvalue weighted by atomic mass is 32.1. The monoisotopic (exact) mass is 594 g/mol. The Hall–Kier alpha value is -2.78. The molecule has 1 amide bonds. The Bertz CT molecular complexity index is 1320. The van der Waals surface area contributed by atoms with Gasteiger partial charge in [-0.05, 0) is 74.5 Å². The predicted molar refractivity (Wildman–Crippen MR) is 174 cm³/mol. The molecule has 4 rings (SSSR count). The lowest BCUT2D eigenvalue weighted by atomic mass is 9.79. The number of hydrogen-bond acceptors (Lipinski definition) is 7. The number of allylic oxidation sites excluding steroid dienone is 3. The summed E-state index contributed by atoms with van der Waals surface area (Å²) in [6.07, 6.45) is 11.7. The summed E-state index contributed by atoms with van der Waals surface area (Å²) in [5.41, 5.74) is 8.97. The van der Waals surface area contributed by atoms with E-state index in [0.29, 0.717) is 24.0 Å². The van der Waals surface area contributed by atoms with Gasteiger partial charge in [-0.1, -0.05) is 40.7 Å². The maximum absolute atomic E-state index is 13.0. The number of hydrogen-bond donors (Lipinski definition) is 3. The lowest BCUT2D eigenvalue weighted by Crippen LogP contribution is -2.51. The summed E-state index contributed by atoms with van der Waals surface area (Å²) in [5, 5.41) is 7.83. The first-order chi connectivity index (χ1) is 19.7. The molecule has 0 spiro atoms. The molecule has 0 bridgehead atoms. The average Bonchev–Trinajstić information content (AvgIpc) is 3.47. The zero-order valence-corrected chi connectivity index (χ0v) is 27.5. The van der Waals surface area contributed by atoms with E-state index in [4.69, 9.17) is 15.6 Å². The molecule has 1 aliphatic heterocycles. The van der Waals surface area contributed by atoms with Crippen LogP contribution in [0.2, 0.25) is 0 Å². The van der Waals surface area contributed by atoms with Gasteiger partial charge >= 0.3 is 0 Å². The van der Waals surface area contributed by atoms with Crippen LogP contribution in [0, 0.1) is 23.2 Å². The molecule has 42 heavy (non-hydrogen) atoms. The first-order valence-electron chi connectivity index (χ1n) is 15.2. The topological polar surface area (TPSA) is 98.3 Å². The number of nitrogens with zero attached hydrogens (tertiary/aromatic N) is 4. The second-order valence-corrected chi connectivity index (χ2v) is 14.5. The Kier molecular flexibility index (Phi) is 9.82. The van der Waals surface area contributed by atoms with Crippen molar-refractivity contribution in [3.8, 4) is 5.88 Å². The fraction of sp³-hybridized carbons (Fsp3) is 0.606. The van der Waals surface area contributed by atoms with Crippen molar-refractivity contribution in [3.63, 3.8) is 0 Å². The number of nitrogens with two attached hydrogens (primary N) is 1. The molecule has 0 saturated carbocycles. The van der Waals surface area contributed by atoms with Crippen molar-refractivity contribution in [2.24, 2.45) is 28.9 Å². The number of carbonyl (C=O) groups is 1. The SMILES string of the molecule is CCC1CC(C)C(N2C[C@@H](Cc3cnc(NC)c(S)c3)CC2(C)C)/C(C(N)=O)=C\C=C1n1ccc(OCC(C)(C)C)n1. The van der Waals surface area contributed by atoms with Gasteiger partial charge in [-0.2, -0.15) is 0 Å². The number of anilines is 1. The second kappa shape index (κ2) is 12.8. The van der Waals surface area contributed by atoms with Crippen molar-refractivity contribution >= 4 is 30.1 Å². The van der Waals surface area contributed by atoms with Gasteiger partial charge in [0.15, 0.2) is 0 Å². The number of ether oxygens (including phenoxy) is 1.